The molecule has 3 rings (SSSR count). The molecular weight excluding hydrogens is 368 g/mol. The van der Waals surface area contributed by atoms with Gasteiger partial charge < -0.3 is 14.8 Å². The third-order valence-corrected chi connectivity index (χ3v) is 4.59. The fourth-order valence-electron chi connectivity index (χ4n) is 3.19. The topological polar surface area (TPSA) is 92.4 Å². The Morgan fingerprint density at radius 2 is 1.69 bits per heavy atom. The zero-order valence-corrected chi connectivity index (χ0v) is 16.7. The lowest BCUT2D eigenvalue weighted by atomic mass is 10.0. The average molecular weight is 392 g/mol. The average Bonchev–Trinajstić information content (AvgIpc) is 3.13. The number of nitrogens with one attached hydrogen (secondary N) is 1. The number of nitrogens with zero attached hydrogens (tertiary/aromatic N) is 1. The van der Waals surface area contributed by atoms with Crippen molar-refractivity contribution >= 4 is 11.9 Å². The molecule has 1 unspecified atom stereocenters. The first kappa shape index (κ1) is 20.3. The van der Waals surface area contributed by atoms with Crippen molar-refractivity contribution < 1.29 is 19.1 Å². The Kier molecular flexibility index (Phi) is 6.12. The summed E-state index contributed by atoms with van der Waals surface area (Å²) in [6.07, 6.45) is 2.01. The van der Waals surface area contributed by atoms with Crippen molar-refractivity contribution in [2.45, 2.75) is 39.7 Å². The number of hydrogen-bond donors (Lipinski definition) is 2. The molecule has 0 radical (unpaired) electrons. The minimum atomic E-state index is -1.10. The third-order valence-electron chi connectivity index (χ3n) is 4.59. The molecule has 150 valence electrons. The van der Waals surface area contributed by atoms with E-state index in [2.05, 4.69) is 10.3 Å². The Morgan fingerprint density at radius 3 is 2.31 bits per heavy atom. The van der Waals surface area contributed by atoms with E-state index in [0.29, 0.717) is 17.2 Å². The monoisotopic (exact) mass is 392 g/mol. The Labute approximate surface area is 169 Å². The van der Waals surface area contributed by atoms with Crippen molar-refractivity contribution in [1.29, 1.82) is 0 Å². The second-order valence-electron chi connectivity index (χ2n) is 7.24. The molecule has 29 heavy (non-hydrogen) atoms. The Bertz CT molecular complexity index is 1000. The summed E-state index contributed by atoms with van der Waals surface area (Å²) in [5.41, 5.74) is 4.52. The zero-order valence-electron chi connectivity index (χ0n) is 16.7. The lowest BCUT2D eigenvalue weighted by Gasteiger charge is -2.16. The Balaban J connectivity index is 1.62. The molecule has 1 aromatic heterocycles. The maximum Gasteiger partial charge on any atom is 0.330 e. The van der Waals surface area contributed by atoms with Gasteiger partial charge in [-0.25, -0.2) is 9.78 Å². The number of aryl methyl sites for hydroxylation is 4. The van der Waals surface area contributed by atoms with Crippen LogP contribution in [0.25, 0.3) is 11.3 Å². The van der Waals surface area contributed by atoms with Crippen LogP contribution in [0.1, 0.15) is 40.6 Å². The highest BCUT2D eigenvalue weighted by molar-refractivity contribution is 5.84. The van der Waals surface area contributed by atoms with Crippen LogP contribution in [-0.2, 0) is 16.0 Å². The quantitative estimate of drug-likeness (QED) is 0.630. The predicted molar refractivity (Wildman–Crippen MR) is 109 cm³/mol. The van der Waals surface area contributed by atoms with Crippen molar-refractivity contribution in [3.05, 3.63) is 76.8 Å². The first-order valence-corrected chi connectivity index (χ1v) is 9.44. The van der Waals surface area contributed by atoms with Crippen LogP contribution >= 0.6 is 0 Å². The fourth-order valence-corrected chi connectivity index (χ4v) is 3.19. The summed E-state index contributed by atoms with van der Waals surface area (Å²) in [4.78, 5) is 28.2. The van der Waals surface area contributed by atoms with Crippen molar-refractivity contribution in [3.63, 3.8) is 0 Å². The van der Waals surface area contributed by atoms with Crippen molar-refractivity contribution in [2.24, 2.45) is 0 Å². The first-order chi connectivity index (χ1) is 13.8. The number of rotatable bonds is 7. The molecule has 0 bridgehead atoms. The number of oxazole rings is 1. The lowest BCUT2D eigenvalue weighted by Crippen LogP contribution is -2.34. The van der Waals surface area contributed by atoms with E-state index in [4.69, 9.17) is 4.42 Å². The summed E-state index contributed by atoms with van der Waals surface area (Å²) < 4.78 is 5.72. The van der Waals surface area contributed by atoms with Gasteiger partial charge in [0.2, 0.25) is 5.91 Å². The zero-order chi connectivity index (χ0) is 21.0. The second-order valence-corrected chi connectivity index (χ2v) is 7.24. The molecule has 0 saturated heterocycles. The number of carboxylic acid groups (broad SMARTS) is 1. The summed E-state index contributed by atoms with van der Waals surface area (Å²) in [7, 11) is 0. The summed E-state index contributed by atoms with van der Waals surface area (Å²) in [5, 5.41) is 12.1. The van der Waals surface area contributed by atoms with Gasteiger partial charge in [0.15, 0.2) is 17.7 Å². The number of aromatic nitrogens is 1. The second kappa shape index (κ2) is 8.73. The van der Waals surface area contributed by atoms with E-state index in [1.807, 2.05) is 51.1 Å². The summed E-state index contributed by atoms with van der Waals surface area (Å²) in [6, 6.07) is 12.3. The summed E-state index contributed by atoms with van der Waals surface area (Å²) in [5.74, 6) is -0.388. The molecule has 6 nitrogen and oxygen atoms in total. The van der Waals surface area contributed by atoms with Crippen LogP contribution in [0.4, 0.5) is 0 Å². The van der Waals surface area contributed by atoms with Crippen LogP contribution in [0.15, 0.2) is 53.1 Å². The van der Waals surface area contributed by atoms with E-state index in [0.717, 1.165) is 22.3 Å². The van der Waals surface area contributed by atoms with Gasteiger partial charge in [-0.15, -0.1) is 0 Å². The molecule has 1 heterocycles. The molecule has 0 spiro atoms. The van der Waals surface area contributed by atoms with Gasteiger partial charge in [0.1, 0.15) is 0 Å². The number of benzene rings is 2. The molecule has 0 fully saturated rings. The van der Waals surface area contributed by atoms with Crippen LogP contribution in [-0.4, -0.2) is 22.0 Å². The van der Waals surface area contributed by atoms with E-state index in [1.165, 1.54) is 0 Å². The maximum absolute atomic E-state index is 12.3. The fraction of sp³-hybridized carbons (Fsp3) is 0.261. The van der Waals surface area contributed by atoms with Gasteiger partial charge in [0, 0.05) is 18.4 Å². The summed E-state index contributed by atoms with van der Waals surface area (Å²) in [6.45, 7) is 5.80. The minimum absolute atomic E-state index is 0.0857. The van der Waals surface area contributed by atoms with Crippen LogP contribution in [0.5, 0.6) is 0 Å². The molecule has 0 aliphatic carbocycles. The normalized spacial score (nSPS) is 11.8. The number of amides is 1. The van der Waals surface area contributed by atoms with Crippen LogP contribution in [0.3, 0.4) is 0 Å². The van der Waals surface area contributed by atoms with Gasteiger partial charge in [-0.1, -0.05) is 59.2 Å². The number of carbonyl (C=O) groups is 2. The molecule has 2 N–H and O–H groups in total. The minimum Gasteiger partial charge on any atom is -0.479 e. The molecule has 3 aromatic rings. The molecule has 0 aliphatic rings. The van der Waals surface area contributed by atoms with Crippen LogP contribution < -0.4 is 5.32 Å². The van der Waals surface area contributed by atoms with E-state index in [1.54, 1.807) is 18.3 Å². The van der Waals surface area contributed by atoms with Gasteiger partial charge in [0.05, 0.1) is 6.20 Å². The predicted octanol–water partition coefficient (Wildman–Crippen LogP) is 4.14. The SMILES string of the molecule is Cc1ccc(-c2cnc(CCC(=O)NC(C(=O)O)c3cc(C)cc(C)c3)o2)cc1. The van der Waals surface area contributed by atoms with Gasteiger partial charge in [-0.2, -0.15) is 0 Å². The summed E-state index contributed by atoms with van der Waals surface area (Å²) >= 11 is 0. The van der Waals surface area contributed by atoms with Gasteiger partial charge in [-0.3, -0.25) is 4.79 Å². The molecule has 0 aliphatic heterocycles. The molecule has 1 atom stereocenters. The number of hydrogen-bond acceptors (Lipinski definition) is 4. The Hall–Kier alpha value is -3.41. The number of carbonyl (C=O) groups excluding carboxylic acids is 1. The van der Waals surface area contributed by atoms with Gasteiger partial charge in [-0.05, 0) is 26.3 Å². The highest BCUT2D eigenvalue weighted by Crippen LogP contribution is 2.22. The maximum atomic E-state index is 12.3. The van der Waals surface area contributed by atoms with E-state index in [-0.39, 0.29) is 18.7 Å². The molecular formula is C23H24N2O4. The number of carboxylic acids is 1. The largest absolute Gasteiger partial charge is 0.479 e. The molecule has 0 saturated carbocycles. The van der Waals surface area contributed by atoms with Crippen LogP contribution in [0, 0.1) is 20.8 Å². The lowest BCUT2D eigenvalue weighted by molar-refractivity contribution is -0.142. The molecule has 1 amide bonds. The van der Waals surface area contributed by atoms with Gasteiger partial charge >= 0.3 is 5.97 Å². The first-order valence-electron chi connectivity index (χ1n) is 9.44. The van der Waals surface area contributed by atoms with E-state index >= 15 is 0 Å². The van der Waals surface area contributed by atoms with E-state index in [9.17, 15) is 14.7 Å². The third kappa shape index (κ3) is 5.31. The van der Waals surface area contributed by atoms with E-state index < -0.39 is 12.0 Å². The Morgan fingerprint density at radius 1 is 1.03 bits per heavy atom. The van der Waals surface area contributed by atoms with Crippen molar-refractivity contribution in [1.82, 2.24) is 10.3 Å². The van der Waals surface area contributed by atoms with Crippen LogP contribution in [0.2, 0.25) is 0 Å². The highest BCUT2D eigenvalue weighted by atomic mass is 16.4. The molecule has 2 aromatic carbocycles. The van der Waals surface area contributed by atoms with Crippen molar-refractivity contribution in [3.8, 4) is 11.3 Å². The molecule has 6 heteroatoms. The standard InChI is InChI=1S/C23H24N2O4/c1-14-4-6-17(7-5-14)19-13-24-21(29-19)9-8-20(26)25-22(23(27)28)18-11-15(2)10-16(3)12-18/h4-7,10-13,22H,8-9H2,1-3H3,(H,25,26)(H,27,28). The van der Waals surface area contributed by atoms with Crippen molar-refractivity contribution in [2.75, 3.05) is 0 Å². The number of aliphatic carboxylic acids is 1. The smallest absolute Gasteiger partial charge is 0.330 e. The highest BCUT2D eigenvalue weighted by Gasteiger charge is 2.22. The van der Waals surface area contributed by atoms with Gasteiger partial charge in [0.25, 0.3) is 0 Å².